The van der Waals surface area contributed by atoms with Crippen molar-refractivity contribution in [3.05, 3.63) is 40.9 Å². The van der Waals surface area contributed by atoms with Gasteiger partial charge in [-0.3, -0.25) is 4.39 Å². The number of hydrogen-bond donors (Lipinski definition) is 1. The van der Waals surface area contributed by atoms with E-state index in [1.165, 1.54) is 30.5 Å². The fourth-order valence-corrected chi connectivity index (χ4v) is 2.61. The van der Waals surface area contributed by atoms with E-state index in [9.17, 15) is 9.18 Å². The van der Waals surface area contributed by atoms with Crippen molar-refractivity contribution in [1.82, 2.24) is 20.1 Å². The van der Waals surface area contributed by atoms with Crippen LogP contribution in [0.15, 0.2) is 30.9 Å². The zero-order chi connectivity index (χ0) is 19.3. The van der Waals surface area contributed by atoms with E-state index in [0.29, 0.717) is 5.02 Å². The van der Waals surface area contributed by atoms with Gasteiger partial charge in [0.1, 0.15) is 18.4 Å². The lowest BCUT2D eigenvalue weighted by Gasteiger charge is -2.36. The Hall–Kier alpha value is -2.06. The number of aromatic nitrogens is 3. The Bertz CT molecular complexity index is 743. The summed E-state index contributed by atoms with van der Waals surface area (Å²) in [4.78, 5) is 15.7. The normalized spacial score (nSPS) is 13.8. The van der Waals surface area contributed by atoms with Gasteiger partial charge in [-0.25, -0.2) is 14.5 Å². The highest BCUT2D eigenvalue weighted by Crippen LogP contribution is 2.36. The summed E-state index contributed by atoms with van der Waals surface area (Å²) in [5.41, 5.74) is -1.08. The molecule has 2 unspecified atom stereocenters. The number of alkyl carbamates (subject to hydrolysis) is 1. The minimum Gasteiger partial charge on any atom is -0.463 e. The van der Waals surface area contributed by atoms with Crippen LogP contribution in [0.2, 0.25) is 10.0 Å². The zero-order valence-electron chi connectivity index (χ0n) is 14.4. The predicted octanol–water partition coefficient (Wildman–Crippen LogP) is 3.88. The molecule has 1 aromatic carbocycles. The quantitative estimate of drug-likeness (QED) is 0.757. The van der Waals surface area contributed by atoms with Crippen LogP contribution in [0.4, 0.5) is 9.18 Å². The summed E-state index contributed by atoms with van der Waals surface area (Å²) in [5, 5.41) is 7.07. The summed E-state index contributed by atoms with van der Waals surface area (Å²) in [6.07, 6.45) is -0.116. The third-order valence-corrected chi connectivity index (χ3v) is 4.18. The monoisotopic (exact) mass is 404 g/mol. The molecule has 0 aliphatic rings. The van der Waals surface area contributed by atoms with E-state index in [4.69, 9.17) is 32.7 Å². The summed E-state index contributed by atoms with van der Waals surface area (Å²) >= 11 is 12.1. The molecule has 7 nitrogen and oxygen atoms in total. The van der Waals surface area contributed by atoms with Crippen LogP contribution in [0, 0.1) is 5.41 Å². The first kappa shape index (κ1) is 20.3. The number of halogens is 3. The van der Waals surface area contributed by atoms with Gasteiger partial charge in [0.05, 0.1) is 11.7 Å². The van der Waals surface area contributed by atoms with Crippen LogP contribution >= 0.6 is 23.2 Å². The summed E-state index contributed by atoms with van der Waals surface area (Å²) in [7, 11) is 1.41. The van der Waals surface area contributed by atoms with Gasteiger partial charge in [-0.05, 0) is 18.2 Å². The number of ether oxygens (including phenoxy) is 2. The van der Waals surface area contributed by atoms with Gasteiger partial charge in [0.2, 0.25) is 6.23 Å². The molecule has 0 fully saturated rings. The highest BCUT2D eigenvalue weighted by Gasteiger charge is 2.42. The number of nitrogens with one attached hydrogen (secondary N) is 1. The molecule has 0 saturated heterocycles. The van der Waals surface area contributed by atoms with Gasteiger partial charge in [-0.15, -0.1) is 0 Å². The lowest BCUT2D eigenvalue weighted by atomic mass is 9.86. The van der Waals surface area contributed by atoms with Gasteiger partial charge in [0.25, 0.3) is 0 Å². The van der Waals surface area contributed by atoms with E-state index in [2.05, 4.69) is 15.4 Å². The zero-order valence-corrected chi connectivity index (χ0v) is 16.0. The molecule has 0 bridgehead atoms. The van der Waals surface area contributed by atoms with Gasteiger partial charge in [-0.1, -0.05) is 37.0 Å². The maximum atomic E-state index is 13.7. The molecule has 1 heterocycles. The highest BCUT2D eigenvalue weighted by atomic mass is 35.5. The van der Waals surface area contributed by atoms with E-state index in [0.717, 1.165) is 0 Å². The van der Waals surface area contributed by atoms with Gasteiger partial charge in [0.15, 0.2) is 6.10 Å². The Morgan fingerprint density at radius 1 is 1.42 bits per heavy atom. The molecule has 2 aromatic rings. The van der Waals surface area contributed by atoms with E-state index >= 15 is 0 Å². The fraction of sp³-hybridized carbons (Fsp3) is 0.438. The van der Waals surface area contributed by atoms with E-state index in [-0.39, 0.29) is 10.8 Å². The fourth-order valence-electron chi connectivity index (χ4n) is 2.16. The van der Waals surface area contributed by atoms with Crippen LogP contribution in [-0.4, -0.2) is 40.7 Å². The Morgan fingerprint density at radius 2 is 2.15 bits per heavy atom. The van der Waals surface area contributed by atoms with Crippen molar-refractivity contribution in [2.75, 3.05) is 13.7 Å². The van der Waals surface area contributed by atoms with Crippen molar-refractivity contribution in [3.8, 4) is 5.75 Å². The largest absolute Gasteiger partial charge is 0.463 e. The van der Waals surface area contributed by atoms with Crippen LogP contribution in [0.5, 0.6) is 5.75 Å². The minimum atomic E-state index is -1.08. The molecule has 2 rings (SSSR count). The number of carbonyl (C=O) groups excluding carboxylic acids is 1. The molecule has 0 radical (unpaired) electrons. The van der Waals surface area contributed by atoms with Gasteiger partial charge >= 0.3 is 6.09 Å². The first-order chi connectivity index (χ1) is 12.3. The minimum absolute atomic E-state index is 0.249. The van der Waals surface area contributed by atoms with Crippen molar-refractivity contribution in [2.24, 2.45) is 5.41 Å². The molecule has 0 aliphatic heterocycles. The molecule has 0 spiro atoms. The Balaban J connectivity index is 2.45. The molecule has 0 aliphatic carbocycles. The van der Waals surface area contributed by atoms with E-state index in [1.807, 2.05) is 0 Å². The maximum Gasteiger partial charge on any atom is 0.407 e. The predicted molar refractivity (Wildman–Crippen MR) is 95.2 cm³/mol. The second-order valence-corrected chi connectivity index (χ2v) is 7.00. The van der Waals surface area contributed by atoms with Crippen molar-refractivity contribution < 1.29 is 18.7 Å². The summed E-state index contributed by atoms with van der Waals surface area (Å²) in [5.74, 6) is 0.275. The number of hydrogen-bond acceptors (Lipinski definition) is 5. The number of alkyl halides is 1. The molecule has 2 atom stereocenters. The number of carbonyl (C=O) groups is 1. The van der Waals surface area contributed by atoms with Crippen molar-refractivity contribution in [3.63, 3.8) is 0 Å². The summed E-state index contributed by atoms with van der Waals surface area (Å²) < 4.78 is 26.4. The first-order valence-corrected chi connectivity index (χ1v) is 8.44. The smallest absolute Gasteiger partial charge is 0.407 e. The standard InChI is InChI=1S/C16H19Cl2FN4O3/c1-16(2,7-19)13(26-15(24)20-3)14(23-9-21-8-22-23)25-12-5-4-10(17)6-11(12)18/h4-6,8-9,13-14H,7H2,1-3H3,(H,20,24). The third kappa shape index (κ3) is 4.76. The average molecular weight is 405 g/mol. The van der Waals surface area contributed by atoms with Crippen LogP contribution < -0.4 is 10.1 Å². The maximum absolute atomic E-state index is 13.7. The number of nitrogens with zero attached hydrogens (tertiary/aromatic N) is 3. The molecule has 10 heteroatoms. The van der Waals surface area contributed by atoms with Crippen molar-refractivity contribution in [1.29, 1.82) is 0 Å². The first-order valence-electron chi connectivity index (χ1n) is 7.68. The second kappa shape index (κ2) is 8.55. The van der Waals surface area contributed by atoms with Crippen molar-refractivity contribution >= 4 is 29.3 Å². The van der Waals surface area contributed by atoms with E-state index in [1.54, 1.807) is 26.0 Å². The van der Waals surface area contributed by atoms with Crippen LogP contribution in [0.25, 0.3) is 0 Å². The SMILES string of the molecule is CNC(=O)OC(C(Oc1ccc(Cl)cc1Cl)n1cncn1)C(C)(C)CF. The number of rotatable bonds is 7. The molecular formula is C16H19Cl2FN4O3. The lowest BCUT2D eigenvalue weighted by Crippen LogP contribution is -2.46. The van der Waals surface area contributed by atoms with Gasteiger partial charge < -0.3 is 14.8 Å². The number of benzene rings is 1. The Morgan fingerprint density at radius 3 is 2.69 bits per heavy atom. The Labute approximate surface area is 160 Å². The van der Waals surface area contributed by atoms with Gasteiger partial charge in [-0.2, -0.15) is 5.10 Å². The van der Waals surface area contributed by atoms with E-state index < -0.39 is 30.5 Å². The Kier molecular flexibility index (Phi) is 6.66. The van der Waals surface area contributed by atoms with Crippen LogP contribution in [-0.2, 0) is 4.74 Å². The second-order valence-electron chi connectivity index (χ2n) is 6.16. The third-order valence-electron chi connectivity index (χ3n) is 3.65. The number of amides is 1. The molecule has 0 saturated carbocycles. The molecular weight excluding hydrogens is 386 g/mol. The molecule has 1 amide bonds. The van der Waals surface area contributed by atoms with Gasteiger partial charge in [0, 0.05) is 17.5 Å². The lowest BCUT2D eigenvalue weighted by molar-refractivity contribution is -0.0906. The van der Waals surface area contributed by atoms with Crippen LogP contribution in [0.3, 0.4) is 0 Å². The summed E-state index contributed by atoms with van der Waals surface area (Å²) in [6.45, 7) is 2.45. The molecule has 26 heavy (non-hydrogen) atoms. The highest BCUT2D eigenvalue weighted by molar-refractivity contribution is 6.35. The molecule has 1 aromatic heterocycles. The van der Waals surface area contributed by atoms with Crippen molar-refractivity contribution in [2.45, 2.75) is 26.2 Å². The topological polar surface area (TPSA) is 78.3 Å². The van der Waals surface area contributed by atoms with Crippen LogP contribution in [0.1, 0.15) is 20.1 Å². The molecule has 142 valence electrons. The molecule has 1 N–H and O–H groups in total. The average Bonchev–Trinajstić information content (AvgIpc) is 3.13. The summed E-state index contributed by atoms with van der Waals surface area (Å²) in [6, 6.07) is 4.66.